The van der Waals surface area contributed by atoms with Gasteiger partial charge in [0.25, 0.3) is 5.91 Å². The largest absolute Gasteiger partial charge is 0.497 e. The molecule has 1 aliphatic rings. The van der Waals surface area contributed by atoms with Crippen LogP contribution >= 0.6 is 0 Å². The fraction of sp³-hybridized carbons (Fsp3) is 0.250. The topological polar surface area (TPSA) is 77.0 Å². The van der Waals surface area contributed by atoms with Gasteiger partial charge in [-0.25, -0.2) is 0 Å². The minimum Gasteiger partial charge on any atom is -0.497 e. The maximum absolute atomic E-state index is 12.9. The number of methoxy groups -OCH3 is 1. The number of hydrogen-bond acceptors (Lipinski definition) is 5. The first-order chi connectivity index (χ1) is 16.6. The van der Waals surface area contributed by atoms with Gasteiger partial charge in [-0.15, -0.1) is 0 Å². The Morgan fingerprint density at radius 3 is 2.35 bits per heavy atom. The first kappa shape index (κ1) is 23.5. The van der Waals surface area contributed by atoms with Gasteiger partial charge in [-0.3, -0.25) is 4.79 Å². The zero-order valence-corrected chi connectivity index (χ0v) is 19.1. The number of ether oxygens (including phenoxy) is 3. The molecular formula is C28H29NO5. The van der Waals surface area contributed by atoms with Crippen LogP contribution in [0.25, 0.3) is 0 Å². The van der Waals surface area contributed by atoms with Crippen LogP contribution in [0.2, 0.25) is 0 Å². The van der Waals surface area contributed by atoms with Gasteiger partial charge in [-0.1, -0.05) is 66.7 Å². The standard InChI is InChI=1S/C28H29NO5/c1-32-25-13-11-23(12-14-25)24-15-26(28(31)29-17-20-5-3-2-4-6-20)34-27(16-24)33-19-22-9-7-21(18-30)8-10-22/h2-15,24,27,30H,16-19H2,1H3,(H,29,31)/t24-,27+/m1/s1. The molecule has 1 amide bonds. The predicted octanol–water partition coefficient (Wildman–Crippen LogP) is 4.43. The Balaban J connectivity index is 1.47. The van der Waals surface area contributed by atoms with Crippen LogP contribution in [-0.4, -0.2) is 24.4 Å². The third-order valence-corrected chi connectivity index (χ3v) is 5.76. The molecule has 0 bridgehead atoms. The van der Waals surface area contributed by atoms with Gasteiger partial charge < -0.3 is 24.6 Å². The second-order valence-electron chi connectivity index (χ2n) is 8.15. The Hall–Kier alpha value is -3.61. The number of aliphatic hydroxyl groups excluding tert-OH is 1. The van der Waals surface area contributed by atoms with Crippen molar-refractivity contribution in [2.45, 2.75) is 38.4 Å². The summed E-state index contributed by atoms with van der Waals surface area (Å²) in [7, 11) is 1.63. The van der Waals surface area contributed by atoms with E-state index in [4.69, 9.17) is 14.2 Å². The highest BCUT2D eigenvalue weighted by Crippen LogP contribution is 2.32. The molecule has 0 aliphatic carbocycles. The van der Waals surface area contributed by atoms with Gasteiger partial charge in [-0.05, 0) is 40.5 Å². The van der Waals surface area contributed by atoms with Crippen LogP contribution in [0, 0.1) is 0 Å². The quantitative estimate of drug-likeness (QED) is 0.495. The Bertz CT molecular complexity index is 1090. The normalized spacial score (nSPS) is 17.4. The first-order valence-electron chi connectivity index (χ1n) is 11.3. The lowest BCUT2D eigenvalue weighted by atomic mass is 9.93. The Kier molecular flexibility index (Phi) is 7.96. The summed E-state index contributed by atoms with van der Waals surface area (Å²) >= 11 is 0. The van der Waals surface area contributed by atoms with E-state index in [1.165, 1.54) is 0 Å². The van der Waals surface area contributed by atoms with Crippen molar-refractivity contribution in [3.8, 4) is 5.75 Å². The smallest absolute Gasteiger partial charge is 0.286 e. The SMILES string of the molecule is COc1ccc([C@@H]2C=C(C(=O)NCc3ccccc3)O[C@H](OCc3ccc(CO)cc3)C2)cc1. The molecular weight excluding hydrogens is 430 g/mol. The lowest BCUT2D eigenvalue weighted by Gasteiger charge is -2.29. The molecule has 0 spiro atoms. The molecule has 34 heavy (non-hydrogen) atoms. The molecule has 3 aromatic rings. The first-order valence-corrected chi connectivity index (χ1v) is 11.3. The number of allylic oxidation sites excluding steroid dienone is 1. The Morgan fingerprint density at radius 1 is 0.971 bits per heavy atom. The van der Waals surface area contributed by atoms with Crippen molar-refractivity contribution in [3.63, 3.8) is 0 Å². The van der Waals surface area contributed by atoms with E-state index < -0.39 is 6.29 Å². The number of amides is 1. The third kappa shape index (κ3) is 6.25. The average Bonchev–Trinajstić information content (AvgIpc) is 2.91. The summed E-state index contributed by atoms with van der Waals surface area (Å²) in [5.74, 6) is 0.713. The van der Waals surface area contributed by atoms with Crippen molar-refractivity contribution in [1.29, 1.82) is 0 Å². The molecule has 0 saturated carbocycles. The highest BCUT2D eigenvalue weighted by molar-refractivity contribution is 5.91. The minimum absolute atomic E-state index is 0.00264. The van der Waals surface area contributed by atoms with Gasteiger partial charge >= 0.3 is 0 Å². The average molecular weight is 460 g/mol. The lowest BCUT2D eigenvalue weighted by molar-refractivity contribution is -0.150. The van der Waals surface area contributed by atoms with Crippen molar-refractivity contribution in [2.75, 3.05) is 7.11 Å². The van der Waals surface area contributed by atoms with Gasteiger partial charge in [0, 0.05) is 18.9 Å². The zero-order chi connectivity index (χ0) is 23.8. The molecule has 0 saturated heterocycles. The minimum atomic E-state index is -0.577. The second kappa shape index (κ2) is 11.5. The molecule has 0 aromatic heterocycles. The number of carbonyl (C=O) groups excluding carboxylic acids is 1. The van der Waals surface area contributed by atoms with Crippen LogP contribution in [0.15, 0.2) is 90.7 Å². The number of hydrogen-bond donors (Lipinski definition) is 2. The molecule has 176 valence electrons. The van der Waals surface area contributed by atoms with Crippen molar-refractivity contribution < 1.29 is 24.1 Å². The van der Waals surface area contributed by atoms with Crippen LogP contribution in [0.5, 0.6) is 5.75 Å². The monoisotopic (exact) mass is 459 g/mol. The van der Waals surface area contributed by atoms with E-state index in [-0.39, 0.29) is 24.2 Å². The van der Waals surface area contributed by atoms with Crippen molar-refractivity contribution >= 4 is 5.91 Å². The van der Waals surface area contributed by atoms with Crippen LogP contribution < -0.4 is 10.1 Å². The number of aliphatic hydroxyl groups is 1. The van der Waals surface area contributed by atoms with E-state index in [2.05, 4.69) is 5.32 Å². The molecule has 0 radical (unpaired) electrons. The zero-order valence-electron chi connectivity index (χ0n) is 19.1. The van der Waals surface area contributed by atoms with Crippen molar-refractivity contribution in [2.24, 2.45) is 0 Å². The number of benzene rings is 3. The molecule has 1 heterocycles. The van der Waals surface area contributed by atoms with Gasteiger partial charge in [0.1, 0.15) is 5.75 Å². The van der Waals surface area contributed by atoms with Gasteiger partial charge in [0.2, 0.25) is 6.29 Å². The number of rotatable bonds is 9. The Morgan fingerprint density at radius 2 is 1.68 bits per heavy atom. The van der Waals surface area contributed by atoms with Crippen LogP contribution in [0.1, 0.15) is 34.6 Å². The highest BCUT2D eigenvalue weighted by atomic mass is 16.7. The fourth-order valence-electron chi connectivity index (χ4n) is 3.80. The summed E-state index contributed by atoms with van der Waals surface area (Å²) in [5, 5.41) is 12.2. The van der Waals surface area contributed by atoms with E-state index in [0.717, 1.165) is 28.0 Å². The van der Waals surface area contributed by atoms with Gasteiger partial charge in [-0.2, -0.15) is 0 Å². The number of carbonyl (C=O) groups is 1. The van der Waals surface area contributed by atoms with Crippen LogP contribution in [-0.2, 0) is 34.0 Å². The molecule has 1 aliphatic heterocycles. The molecule has 0 fully saturated rings. The summed E-state index contributed by atoms with van der Waals surface area (Å²) in [6, 6.07) is 25.1. The van der Waals surface area contributed by atoms with Gasteiger partial charge in [0.15, 0.2) is 5.76 Å². The summed E-state index contributed by atoms with van der Waals surface area (Å²) in [4.78, 5) is 12.9. The molecule has 2 N–H and O–H groups in total. The van der Waals surface area contributed by atoms with Crippen LogP contribution in [0.3, 0.4) is 0 Å². The van der Waals surface area contributed by atoms with Crippen molar-refractivity contribution in [3.05, 3.63) is 113 Å². The lowest BCUT2D eigenvalue weighted by Crippen LogP contribution is -2.32. The predicted molar refractivity (Wildman–Crippen MR) is 129 cm³/mol. The Labute approximate surface area is 199 Å². The van der Waals surface area contributed by atoms with E-state index in [1.54, 1.807) is 7.11 Å². The molecule has 4 rings (SSSR count). The second-order valence-corrected chi connectivity index (χ2v) is 8.15. The molecule has 2 atom stereocenters. The van der Waals surface area contributed by atoms with E-state index in [9.17, 15) is 9.90 Å². The summed E-state index contributed by atoms with van der Waals surface area (Å²) < 4.78 is 17.3. The molecule has 0 unspecified atom stereocenters. The molecule has 3 aromatic carbocycles. The highest BCUT2D eigenvalue weighted by Gasteiger charge is 2.29. The summed E-state index contributed by atoms with van der Waals surface area (Å²) in [5.41, 5.74) is 3.88. The van der Waals surface area contributed by atoms with Gasteiger partial charge in [0.05, 0.1) is 20.3 Å². The van der Waals surface area contributed by atoms with E-state index in [0.29, 0.717) is 19.6 Å². The van der Waals surface area contributed by atoms with Crippen LogP contribution in [0.4, 0.5) is 0 Å². The number of nitrogens with one attached hydrogen (secondary N) is 1. The molecule has 6 nitrogen and oxygen atoms in total. The maximum Gasteiger partial charge on any atom is 0.286 e. The summed E-state index contributed by atoms with van der Waals surface area (Å²) in [6.45, 7) is 0.754. The third-order valence-electron chi connectivity index (χ3n) is 5.76. The fourth-order valence-corrected chi connectivity index (χ4v) is 3.80. The van der Waals surface area contributed by atoms with E-state index in [1.807, 2.05) is 84.9 Å². The summed E-state index contributed by atoms with van der Waals surface area (Å²) in [6.07, 6.45) is 1.86. The van der Waals surface area contributed by atoms with Crippen molar-refractivity contribution in [1.82, 2.24) is 5.32 Å². The molecule has 6 heteroatoms. The van der Waals surface area contributed by atoms with E-state index >= 15 is 0 Å². The maximum atomic E-state index is 12.9.